The second kappa shape index (κ2) is 10.1. The van der Waals surface area contributed by atoms with Crippen LogP contribution in [0, 0.1) is 0 Å². The van der Waals surface area contributed by atoms with Gasteiger partial charge in [-0.25, -0.2) is 18.2 Å². The predicted molar refractivity (Wildman–Crippen MR) is 115 cm³/mol. The molecule has 0 saturated carbocycles. The fourth-order valence-corrected chi connectivity index (χ4v) is 4.36. The zero-order valence-electron chi connectivity index (χ0n) is 17.6. The van der Waals surface area contributed by atoms with E-state index >= 15 is 0 Å². The Bertz CT molecular complexity index is 1120. The average molecular weight is 461 g/mol. The van der Waals surface area contributed by atoms with Crippen LogP contribution < -0.4 is 5.32 Å². The van der Waals surface area contributed by atoms with Crippen molar-refractivity contribution in [2.24, 2.45) is 0 Å². The number of carbonyl (C=O) groups excluding carboxylic acids is 2. The molecule has 0 aliphatic carbocycles. The monoisotopic (exact) mass is 461 g/mol. The maximum Gasteiger partial charge on any atom is 0.508 e. The highest BCUT2D eigenvalue weighted by Gasteiger charge is 2.38. The molecule has 1 N–H and O–H groups in total. The van der Waals surface area contributed by atoms with Gasteiger partial charge in [-0.1, -0.05) is 18.2 Å². The van der Waals surface area contributed by atoms with Crippen LogP contribution in [-0.2, 0) is 29.0 Å². The fourth-order valence-electron chi connectivity index (χ4n) is 2.97. The number of aromatic nitrogens is 1. The zero-order chi connectivity index (χ0) is 23.1. The summed E-state index contributed by atoms with van der Waals surface area (Å²) in [4.78, 5) is 28.4. The van der Waals surface area contributed by atoms with Gasteiger partial charge in [0, 0.05) is 25.2 Å². The van der Waals surface area contributed by atoms with Crippen molar-refractivity contribution in [3.63, 3.8) is 0 Å². The lowest BCUT2D eigenvalue weighted by molar-refractivity contribution is -0.113. The Hall–Kier alpha value is -3.60. The number of nitrogens with one attached hydrogen (secondary N) is 1. The van der Waals surface area contributed by atoms with Crippen molar-refractivity contribution < 1.29 is 32.2 Å². The normalized spacial score (nSPS) is 14.4. The summed E-state index contributed by atoms with van der Waals surface area (Å²) in [6.45, 7) is 1.97. The van der Waals surface area contributed by atoms with E-state index < -0.39 is 22.1 Å². The van der Waals surface area contributed by atoms with E-state index in [-0.39, 0.29) is 47.6 Å². The molecule has 32 heavy (non-hydrogen) atoms. The number of hydrogen-bond acceptors (Lipinski definition) is 8. The van der Waals surface area contributed by atoms with Crippen molar-refractivity contribution in [3.8, 4) is 0 Å². The molecule has 3 rings (SSSR count). The van der Waals surface area contributed by atoms with Gasteiger partial charge in [0.2, 0.25) is 0 Å². The molecule has 1 amide bonds. The van der Waals surface area contributed by atoms with E-state index in [1.165, 1.54) is 19.3 Å². The molecule has 0 atom stereocenters. The number of amides is 1. The van der Waals surface area contributed by atoms with E-state index in [1.54, 1.807) is 43.3 Å². The molecule has 0 fully saturated rings. The average Bonchev–Trinajstić information content (AvgIpc) is 2.78. The Labute approximate surface area is 185 Å². The Morgan fingerprint density at radius 3 is 2.53 bits per heavy atom. The van der Waals surface area contributed by atoms with Crippen molar-refractivity contribution in [2.75, 3.05) is 32.2 Å². The van der Waals surface area contributed by atoms with Crippen molar-refractivity contribution >= 4 is 33.7 Å². The second-order valence-corrected chi connectivity index (χ2v) is 8.49. The van der Waals surface area contributed by atoms with Crippen LogP contribution in [0.1, 0.15) is 18.9 Å². The third-order valence-corrected chi connectivity index (χ3v) is 6.25. The van der Waals surface area contributed by atoms with Gasteiger partial charge in [0.25, 0.3) is 15.9 Å². The Kier molecular flexibility index (Phi) is 7.31. The number of carbonyl (C=O) groups is 2. The lowest BCUT2D eigenvalue weighted by Crippen LogP contribution is -2.37. The third-order valence-electron chi connectivity index (χ3n) is 4.44. The minimum absolute atomic E-state index is 0.0228. The van der Waals surface area contributed by atoms with Gasteiger partial charge in [0.15, 0.2) is 11.5 Å². The molecule has 0 unspecified atom stereocenters. The van der Waals surface area contributed by atoms with Gasteiger partial charge in [0.1, 0.15) is 5.82 Å². The number of nitrogens with zero attached hydrogens (tertiary/aromatic N) is 2. The van der Waals surface area contributed by atoms with Crippen LogP contribution in [0.5, 0.6) is 0 Å². The third kappa shape index (κ3) is 4.99. The highest BCUT2D eigenvalue weighted by atomic mass is 32.2. The molecule has 170 valence electrons. The first-order valence-electron chi connectivity index (χ1n) is 9.83. The van der Waals surface area contributed by atoms with E-state index in [0.717, 1.165) is 4.31 Å². The van der Waals surface area contributed by atoms with Gasteiger partial charge in [0.05, 0.1) is 24.7 Å². The number of benzene rings is 1. The quantitative estimate of drug-likeness (QED) is 0.470. The molecule has 0 spiro atoms. The Morgan fingerprint density at radius 1 is 1.06 bits per heavy atom. The first-order chi connectivity index (χ1) is 15.4. The number of fused-ring (bicyclic) bond motifs is 1. The molecule has 10 nitrogen and oxygen atoms in total. The minimum Gasteiger partial charge on any atom is -0.490 e. The van der Waals surface area contributed by atoms with Gasteiger partial charge < -0.3 is 19.5 Å². The van der Waals surface area contributed by atoms with E-state index in [0.29, 0.717) is 6.42 Å². The van der Waals surface area contributed by atoms with Crippen LogP contribution in [0.15, 0.2) is 59.3 Å². The van der Waals surface area contributed by atoms with E-state index in [1.807, 2.05) is 0 Å². The molecule has 1 aromatic heterocycles. The van der Waals surface area contributed by atoms with Crippen LogP contribution in [0.25, 0.3) is 5.76 Å². The van der Waals surface area contributed by atoms with E-state index in [4.69, 9.17) is 9.47 Å². The standard InChI is InChI=1S/C21H23N3O7S/c1-3-29-21(26)31-14-8-13-30-19-15-9-4-5-10-16(15)32(27,28)24(2)18(19)20(25)23-17-11-6-7-12-22-17/h4-7,9-12H,3,8,13-14H2,1-2H3,(H,22,23,25). The summed E-state index contributed by atoms with van der Waals surface area (Å²) in [6, 6.07) is 11.2. The summed E-state index contributed by atoms with van der Waals surface area (Å²) in [5.74, 6) is -0.332. The van der Waals surface area contributed by atoms with Crippen molar-refractivity contribution in [1.29, 1.82) is 0 Å². The predicted octanol–water partition coefficient (Wildman–Crippen LogP) is 2.60. The summed E-state index contributed by atoms with van der Waals surface area (Å²) in [6.07, 6.45) is 1.02. The fraction of sp³-hybridized carbons (Fsp3) is 0.286. The Morgan fingerprint density at radius 2 is 1.81 bits per heavy atom. The zero-order valence-corrected chi connectivity index (χ0v) is 18.4. The number of pyridine rings is 1. The Balaban J connectivity index is 1.88. The lowest BCUT2D eigenvalue weighted by atomic mass is 10.1. The van der Waals surface area contributed by atoms with Gasteiger partial charge in [-0.3, -0.25) is 9.10 Å². The lowest BCUT2D eigenvalue weighted by Gasteiger charge is -2.30. The largest absolute Gasteiger partial charge is 0.508 e. The van der Waals surface area contributed by atoms with Gasteiger partial charge >= 0.3 is 6.16 Å². The minimum atomic E-state index is -3.96. The molecule has 2 aromatic rings. The molecular formula is C21H23N3O7S. The van der Waals surface area contributed by atoms with Crippen LogP contribution in [0.3, 0.4) is 0 Å². The van der Waals surface area contributed by atoms with Crippen molar-refractivity contribution in [2.45, 2.75) is 18.2 Å². The maximum atomic E-state index is 13.1. The summed E-state index contributed by atoms with van der Waals surface area (Å²) in [5, 5.41) is 2.59. The second-order valence-electron chi connectivity index (χ2n) is 6.55. The van der Waals surface area contributed by atoms with E-state index in [9.17, 15) is 18.0 Å². The summed E-state index contributed by atoms with van der Waals surface area (Å²) in [7, 11) is -2.68. The number of likely N-dealkylation sites (N-methyl/N-ethyl adjacent to an activating group) is 1. The molecule has 0 bridgehead atoms. The van der Waals surface area contributed by atoms with Crippen LogP contribution >= 0.6 is 0 Å². The number of ether oxygens (including phenoxy) is 3. The van der Waals surface area contributed by atoms with E-state index in [2.05, 4.69) is 15.0 Å². The number of rotatable bonds is 8. The molecular weight excluding hydrogens is 438 g/mol. The molecule has 1 aromatic carbocycles. The van der Waals surface area contributed by atoms with Crippen molar-refractivity contribution in [3.05, 3.63) is 59.9 Å². The van der Waals surface area contributed by atoms with Gasteiger partial charge in [-0.2, -0.15) is 0 Å². The molecule has 0 saturated heterocycles. The molecule has 11 heteroatoms. The smallest absolute Gasteiger partial charge is 0.490 e. The highest BCUT2D eigenvalue weighted by molar-refractivity contribution is 7.89. The first kappa shape index (κ1) is 23.1. The molecule has 2 heterocycles. The summed E-state index contributed by atoms with van der Waals surface area (Å²) in [5.41, 5.74) is 0.0868. The van der Waals surface area contributed by atoms with Crippen molar-refractivity contribution in [1.82, 2.24) is 9.29 Å². The molecule has 1 aliphatic rings. The summed E-state index contributed by atoms with van der Waals surface area (Å²) < 4.78 is 42.3. The number of hydrogen-bond donors (Lipinski definition) is 1. The number of anilines is 1. The first-order valence-corrected chi connectivity index (χ1v) is 11.3. The van der Waals surface area contributed by atoms with Gasteiger partial charge in [-0.15, -0.1) is 0 Å². The highest BCUT2D eigenvalue weighted by Crippen LogP contribution is 2.36. The maximum absolute atomic E-state index is 13.1. The summed E-state index contributed by atoms with van der Waals surface area (Å²) >= 11 is 0. The molecule has 0 radical (unpaired) electrons. The van der Waals surface area contributed by atoms with Crippen LogP contribution in [0.2, 0.25) is 0 Å². The van der Waals surface area contributed by atoms with Crippen LogP contribution in [-0.4, -0.2) is 56.6 Å². The number of sulfonamides is 1. The SMILES string of the molecule is CCOC(=O)OCCCOC1=C(C(=O)Nc2ccccn2)N(C)S(=O)(=O)c2ccccc21. The molecule has 1 aliphatic heterocycles. The topological polar surface area (TPSA) is 124 Å². The van der Waals surface area contributed by atoms with Crippen LogP contribution in [0.4, 0.5) is 10.6 Å². The van der Waals surface area contributed by atoms with Gasteiger partial charge in [-0.05, 0) is 31.2 Å².